The third-order valence-electron chi connectivity index (χ3n) is 3.30. The van der Waals surface area contributed by atoms with E-state index in [2.05, 4.69) is 23.9 Å². The van der Waals surface area contributed by atoms with Gasteiger partial charge in [-0.1, -0.05) is 27.2 Å². The summed E-state index contributed by atoms with van der Waals surface area (Å²) in [7, 11) is 0. The standard InChI is InChI=1S/C13H24N4O2/c1-4-5-13(8-14,12(18)19)6-11-15-9-16-17(11)7-10(2)3/h9-10H,4-8,14H2,1-3H3,(H,18,19). The van der Waals surface area contributed by atoms with Crippen LogP contribution in [0.1, 0.15) is 39.4 Å². The topological polar surface area (TPSA) is 94.0 Å². The van der Waals surface area contributed by atoms with Crippen LogP contribution in [-0.4, -0.2) is 32.4 Å². The van der Waals surface area contributed by atoms with Crippen molar-refractivity contribution in [1.29, 1.82) is 0 Å². The molecule has 1 atom stereocenters. The highest BCUT2D eigenvalue weighted by Crippen LogP contribution is 2.27. The van der Waals surface area contributed by atoms with Crippen molar-refractivity contribution >= 4 is 5.97 Å². The first-order valence-electron chi connectivity index (χ1n) is 6.75. The maximum absolute atomic E-state index is 11.6. The van der Waals surface area contributed by atoms with Gasteiger partial charge in [-0.3, -0.25) is 4.79 Å². The number of aliphatic carboxylic acids is 1. The Morgan fingerprint density at radius 3 is 2.74 bits per heavy atom. The number of carboxylic acid groups (broad SMARTS) is 1. The molecule has 1 aromatic rings. The molecule has 0 fully saturated rings. The molecule has 1 rings (SSSR count). The molecule has 108 valence electrons. The number of hydrogen-bond acceptors (Lipinski definition) is 4. The minimum atomic E-state index is -0.934. The van der Waals surface area contributed by atoms with Gasteiger partial charge in [0.1, 0.15) is 12.2 Å². The van der Waals surface area contributed by atoms with Crippen LogP contribution in [0.4, 0.5) is 0 Å². The molecule has 1 unspecified atom stereocenters. The Morgan fingerprint density at radius 1 is 1.58 bits per heavy atom. The van der Waals surface area contributed by atoms with Gasteiger partial charge in [-0.2, -0.15) is 5.10 Å². The van der Waals surface area contributed by atoms with E-state index in [1.807, 2.05) is 6.92 Å². The summed E-state index contributed by atoms with van der Waals surface area (Å²) < 4.78 is 1.79. The summed E-state index contributed by atoms with van der Waals surface area (Å²) in [5, 5.41) is 13.7. The fourth-order valence-electron chi connectivity index (χ4n) is 2.24. The zero-order chi connectivity index (χ0) is 14.5. The van der Waals surface area contributed by atoms with Crippen molar-refractivity contribution in [2.24, 2.45) is 17.1 Å². The van der Waals surface area contributed by atoms with Gasteiger partial charge in [0.15, 0.2) is 0 Å². The number of carboxylic acids is 1. The van der Waals surface area contributed by atoms with Gasteiger partial charge >= 0.3 is 5.97 Å². The fraction of sp³-hybridized carbons (Fsp3) is 0.769. The van der Waals surface area contributed by atoms with Crippen molar-refractivity contribution in [2.45, 2.75) is 46.6 Å². The summed E-state index contributed by atoms with van der Waals surface area (Å²) in [6.45, 7) is 6.99. The van der Waals surface area contributed by atoms with E-state index >= 15 is 0 Å². The first-order chi connectivity index (χ1) is 8.95. The van der Waals surface area contributed by atoms with Gasteiger partial charge in [0.05, 0.1) is 5.41 Å². The van der Waals surface area contributed by atoms with E-state index in [1.165, 1.54) is 6.33 Å². The Bertz CT molecular complexity index is 417. The molecule has 0 aliphatic carbocycles. The smallest absolute Gasteiger partial charge is 0.311 e. The lowest BCUT2D eigenvalue weighted by Gasteiger charge is -2.27. The third-order valence-corrected chi connectivity index (χ3v) is 3.30. The van der Waals surface area contributed by atoms with Crippen LogP contribution in [0.3, 0.4) is 0 Å². The number of rotatable bonds is 8. The third kappa shape index (κ3) is 3.76. The first kappa shape index (κ1) is 15.6. The number of hydrogen-bond donors (Lipinski definition) is 2. The van der Waals surface area contributed by atoms with E-state index in [9.17, 15) is 9.90 Å². The molecule has 0 saturated heterocycles. The molecule has 6 nitrogen and oxygen atoms in total. The van der Waals surface area contributed by atoms with Crippen molar-refractivity contribution in [1.82, 2.24) is 14.8 Å². The summed E-state index contributed by atoms with van der Waals surface area (Å²) in [5.41, 5.74) is 4.79. The van der Waals surface area contributed by atoms with Gasteiger partial charge in [0, 0.05) is 19.5 Å². The Morgan fingerprint density at radius 2 is 2.26 bits per heavy atom. The Labute approximate surface area is 114 Å². The van der Waals surface area contributed by atoms with Crippen LogP contribution < -0.4 is 5.73 Å². The minimum Gasteiger partial charge on any atom is -0.481 e. The molecule has 0 aliphatic rings. The normalized spacial score (nSPS) is 14.6. The highest BCUT2D eigenvalue weighted by Gasteiger charge is 2.38. The number of nitrogens with two attached hydrogens (primary N) is 1. The number of aromatic nitrogens is 3. The van der Waals surface area contributed by atoms with Crippen molar-refractivity contribution < 1.29 is 9.90 Å². The van der Waals surface area contributed by atoms with Gasteiger partial charge in [-0.15, -0.1) is 0 Å². The lowest BCUT2D eigenvalue weighted by atomic mass is 9.80. The predicted octanol–water partition coefficient (Wildman–Crippen LogP) is 1.31. The van der Waals surface area contributed by atoms with Gasteiger partial charge < -0.3 is 10.8 Å². The van der Waals surface area contributed by atoms with E-state index < -0.39 is 11.4 Å². The zero-order valence-corrected chi connectivity index (χ0v) is 12.0. The highest BCUT2D eigenvalue weighted by atomic mass is 16.4. The summed E-state index contributed by atoms with van der Waals surface area (Å²) in [6, 6.07) is 0. The molecule has 0 bridgehead atoms. The molecule has 19 heavy (non-hydrogen) atoms. The SMILES string of the molecule is CCCC(CN)(Cc1ncnn1CC(C)C)C(=O)O. The maximum Gasteiger partial charge on any atom is 0.311 e. The van der Waals surface area contributed by atoms with Crippen molar-refractivity contribution in [3.63, 3.8) is 0 Å². The van der Waals surface area contributed by atoms with Crippen LogP contribution in [0.15, 0.2) is 6.33 Å². The quantitative estimate of drug-likeness (QED) is 0.741. The first-order valence-corrected chi connectivity index (χ1v) is 6.75. The minimum absolute atomic E-state index is 0.116. The Balaban J connectivity index is 2.96. The van der Waals surface area contributed by atoms with Crippen LogP contribution in [0, 0.1) is 11.3 Å². The average molecular weight is 268 g/mol. The number of carbonyl (C=O) groups is 1. The van der Waals surface area contributed by atoms with Gasteiger partial charge in [0.2, 0.25) is 0 Å². The number of nitrogens with zero attached hydrogens (tertiary/aromatic N) is 3. The second-order valence-electron chi connectivity index (χ2n) is 5.47. The van der Waals surface area contributed by atoms with E-state index in [-0.39, 0.29) is 6.54 Å². The molecule has 0 saturated carbocycles. The van der Waals surface area contributed by atoms with Gasteiger partial charge in [-0.05, 0) is 12.3 Å². The van der Waals surface area contributed by atoms with E-state index in [0.717, 1.165) is 13.0 Å². The van der Waals surface area contributed by atoms with Crippen LogP contribution >= 0.6 is 0 Å². The molecular formula is C13H24N4O2. The Hall–Kier alpha value is -1.43. The maximum atomic E-state index is 11.6. The zero-order valence-electron chi connectivity index (χ0n) is 12.0. The molecule has 1 heterocycles. The molecule has 0 aliphatic heterocycles. The summed E-state index contributed by atoms with van der Waals surface area (Å²) in [6.07, 6.45) is 3.14. The molecular weight excluding hydrogens is 244 g/mol. The summed E-state index contributed by atoms with van der Waals surface area (Å²) in [4.78, 5) is 15.8. The van der Waals surface area contributed by atoms with E-state index in [1.54, 1.807) is 4.68 Å². The Kier molecular flexibility index (Phi) is 5.47. The van der Waals surface area contributed by atoms with Crippen LogP contribution in [0.5, 0.6) is 0 Å². The van der Waals surface area contributed by atoms with Gasteiger partial charge in [0.25, 0.3) is 0 Å². The predicted molar refractivity (Wildman–Crippen MR) is 72.6 cm³/mol. The molecule has 0 spiro atoms. The lowest BCUT2D eigenvalue weighted by Crippen LogP contribution is -2.41. The lowest BCUT2D eigenvalue weighted by molar-refractivity contribution is -0.149. The fourth-order valence-corrected chi connectivity index (χ4v) is 2.24. The highest BCUT2D eigenvalue weighted by molar-refractivity contribution is 5.75. The summed E-state index contributed by atoms with van der Waals surface area (Å²) >= 11 is 0. The summed E-state index contributed by atoms with van der Waals surface area (Å²) in [5.74, 6) is 0.287. The van der Waals surface area contributed by atoms with Crippen LogP contribution in [0.2, 0.25) is 0 Å². The largest absolute Gasteiger partial charge is 0.481 e. The van der Waals surface area contributed by atoms with Crippen LogP contribution in [-0.2, 0) is 17.8 Å². The average Bonchev–Trinajstić information content (AvgIpc) is 2.74. The molecule has 0 amide bonds. The molecule has 3 N–H and O–H groups in total. The van der Waals surface area contributed by atoms with Crippen molar-refractivity contribution in [2.75, 3.05) is 6.54 Å². The second kappa shape index (κ2) is 6.65. The van der Waals surface area contributed by atoms with E-state index in [0.29, 0.717) is 24.6 Å². The molecule has 1 aromatic heterocycles. The molecule has 0 radical (unpaired) electrons. The van der Waals surface area contributed by atoms with Crippen LogP contribution in [0.25, 0.3) is 0 Å². The molecule has 6 heteroatoms. The van der Waals surface area contributed by atoms with Crippen molar-refractivity contribution in [3.05, 3.63) is 12.2 Å². The monoisotopic (exact) mass is 268 g/mol. The van der Waals surface area contributed by atoms with Crippen molar-refractivity contribution in [3.8, 4) is 0 Å². The van der Waals surface area contributed by atoms with E-state index in [4.69, 9.17) is 5.73 Å². The molecule has 0 aromatic carbocycles. The van der Waals surface area contributed by atoms with Gasteiger partial charge in [-0.25, -0.2) is 9.67 Å². The second-order valence-corrected chi connectivity index (χ2v) is 5.47.